The van der Waals surface area contributed by atoms with Crippen LogP contribution in [0.3, 0.4) is 0 Å². The molecular formula is C11H20NO3. The lowest BCUT2D eigenvalue weighted by molar-refractivity contribution is -0.0611. The summed E-state index contributed by atoms with van der Waals surface area (Å²) in [4.78, 5) is 13.4. The van der Waals surface area contributed by atoms with Crippen molar-refractivity contribution in [1.29, 1.82) is 0 Å². The number of hydrogen-bond acceptors (Lipinski definition) is 3. The van der Waals surface area contributed by atoms with Gasteiger partial charge in [-0.1, -0.05) is 0 Å². The third kappa shape index (κ3) is 2.84. The highest BCUT2D eigenvalue weighted by Gasteiger charge is 2.43. The van der Waals surface area contributed by atoms with E-state index >= 15 is 0 Å². The van der Waals surface area contributed by atoms with Crippen LogP contribution in [0.4, 0.5) is 4.79 Å². The van der Waals surface area contributed by atoms with Gasteiger partial charge >= 0.3 is 6.09 Å². The quantitative estimate of drug-likeness (QED) is 0.620. The average molecular weight is 214 g/mol. The molecule has 1 rings (SSSR count). The Kier molecular flexibility index (Phi) is 3.01. The molecule has 1 unspecified atom stereocenters. The van der Waals surface area contributed by atoms with Crippen LogP contribution in [0.5, 0.6) is 0 Å². The molecule has 1 saturated heterocycles. The maximum absolute atomic E-state index is 11.9. The second kappa shape index (κ2) is 3.67. The zero-order valence-electron chi connectivity index (χ0n) is 10.2. The van der Waals surface area contributed by atoms with Crippen LogP contribution >= 0.6 is 0 Å². The Morgan fingerprint density at radius 3 is 2.40 bits per heavy atom. The molecule has 0 spiro atoms. The van der Waals surface area contributed by atoms with E-state index in [1.54, 1.807) is 0 Å². The SMILES string of the molecule is [CH2]C1COC(C)(C)N1C(=O)OC(C)(C)C. The molecule has 0 bridgehead atoms. The van der Waals surface area contributed by atoms with Gasteiger partial charge in [0.2, 0.25) is 0 Å². The predicted molar refractivity (Wildman–Crippen MR) is 57.2 cm³/mol. The van der Waals surface area contributed by atoms with Gasteiger partial charge in [-0.05, 0) is 41.5 Å². The molecule has 1 atom stereocenters. The topological polar surface area (TPSA) is 38.8 Å². The summed E-state index contributed by atoms with van der Waals surface area (Å²) >= 11 is 0. The molecule has 0 aromatic heterocycles. The molecule has 15 heavy (non-hydrogen) atoms. The first kappa shape index (κ1) is 12.3. The normalized spacial score (nSPS) is 25.5. The Morgan fingerprint density at radius 2 is 2.07 bits per heavy atom. The van der Waals surface area contributed by atoms with Gasteiger partial charge in [0, 0.05) is 0 Å². The van der Waals surface area contributed by atoms with E-state index in [0.717, 1.165) is 0 Å². The highest BCUT2D eigenvalue weighted by Crippen LogP contribution is 2.28. The van der Waals surface area contributed by atoms with Gasteiger partial charge in [-0.3, -0.25) is 4.90 Å². The van der Waals surface area contributed by atoms with E-state index in [-0.39, 0.29) is 12.1 Å². The number of ether oxygens (including phenoxy) is 2. The van der Waals surface area contributed by atoms with Crippen LogP contribution in [0.15, 0.2) is 0 Å². The number of carbonyl (C=O) groups is 1. The van der Waals surface area contributed by atoms with Gasteiger partial charge in [0.05, 0.1) is 12.6 Å². The molecule has 0 aromatic carbocycles. The summed E-state index contributed by atoms with van der Waals surface area (Å²) in [7, 11) is 0. The third-order valence-corrected chi connectivity index (χ3v) is 2.16. The first-order chi connectivity index (χ1) is 6.63. The van der Waals surface area contributed by atoms with Crippen LogP contribution in [-0.2, 0) is 9.47 Å². The van der Waals surface area contributed by atoms with Crippen molar-refractivity contribution in [2.75, 3.05) is 6.61 Å². The molecule has 0 aromatic rings. The minimum atomic E-state index is -0.630. The predicted octanol–water partition coefficient (Wildman–Crippen LogP) is 2.19. The summed E-state index contributed by atoms with van der Waals surface area (Å²) in [5.41, 5.74) is -1.12. The fraction of sp³-hybridized carbons (Fsp3) is 0.818. The summed E-state index contributed by atoms with van der Waals surface area (Å²) in [5, 5.41) is 0. The maximum atomic E-state index is 11.9. The largest absolute Gasteiger partial charge is 0.444 e. The molecule has 0 saturated carbocycles. The van der Waals surface area contributed by atoms with Crippen molar-refractivity contribution in [2.45, 2.75) is 52.0 Å². The van der Waals surface area contributed by atoms with Crippen LogP contribution < -0.4 is 0 Å². The molecule has 1 amide bonds. The minimum Gasteiger partial charge on any atom is -0.444 e. The molecule has 1 aliphatic rings. The molecule has 0 N–H and O–H groups in total. The van der Waals surface area contributed by atoms with E-state index in [2.05, 4.69) is 6.92 Å². The van der Waals surface area contributed by atoms with Crippen LogP contribution in [0.2, 0.25) is 0 Å². The smallest absolute Gasteiger partial charge is 0.412 e. The van der Waals surface area contributed by atoms with Crippen molar-refractivity contribution in [2.24, 2.45) is 0 Å². The molecule has 4 heteroatoms. The summed E-state index contributed by atoms with van der Waals surface area (Å²) in [6, 6.07) is -0.185. The van der Waals surface area contributed by atoms with Gasteiger partial charge in [0.1, 0.15) is 11.3 Å². The molecule has 1 radical (unpaired) electrons. The first-order valence-corrected chi connectivity index (χ1v) is 5.13. The van der Waals surface area contributed by atoms with Crippen molar-refractivity contribution in [3.8, 4) is 0 Å². The molecule has 4 nitrogen and oxygen atoms in total. The summed E-state index contributed by atoms with van der Waals surface area (Å²) < 4.78 is 10.8. The van der Waals surface area contributed by atoms with E-state index in [4.69, 9.17) is 9.47 Å². The van der Waals surface area contributed by atoms with E-state index < -0.39 is 11.3 Å². The number of nitrogens with zero attached hydrogens (tertiary/aromatic N) is 1. The first-order valence-electron chi connectivity index (χ1n) is 5.13. The van der Waals surface area contributed by atoms with Crippen molar-refractivity contribution in [1.82, 2.24) is 4.90 Å². The van der Waals surface area contributed by atoms with Crippen molar-refractivity contribution in [3.05, 3.63) is 6.92 Å². The standard InChI is InChI=1S/C11H20NO3/c1-8-7-14-11(5,6)12(8)9(13)15-10(2,3)4/h8H,1,7H2,2-6H3. The Balaban J connectivity index is 2.74. The van der Waals surface area contributed by atoms with E-state index in [1.165, 1.54) is 4.90 Å². The summed E-state index contributed by atoms with van der Waals surface area (Å²) in [5.74, 6) is 0. The van der Waals surface area contributed by atoms with Gasteiger partial charge in [0.15, 0.2) is 0 Å². The van der Waals surface area contributed by atoms with Gasteiger partial charge in [-0.2, -0.15) is 0 Å². The van der Waals surface area contributed by atoms with Crippen molar-refractivity contribution < 1.29 is 14.3 Å². The van der Waals surface area contributed by atoms with Crippen LogP contribution in [0.1, 0.15) is 34.6 Å². The molecule has 1 heterocycles. The van der Waals surface area contributed by atoms with Gasteiger partial charge < -0.3 is 9.47 Å². The second-order valence-electron chi connectivity index (χ2n) is 5.26. The number of amides is 1. The maximum Gasteiger partial charge on any atom is 0.412 e. The third-order valence-electron chi connectivity index (χ3n) is 2.16. The Morgan fingerprint density at radius 1 is 1.53 bits per heavy atom. The Hall–Kier alpha value is -0.770. The molecular weight excluding hydrogens is 194 g/mol. The molecule has 1 aliphatic heterocycles. The highest BCUT2D eigenvalue weighted by molar-refractivity contribution is 5.69. The minimum absolute atomic E-state index is 0.185. The van der Waals surface area contributed by atoms with Crippen LogP contribution in [0.25, 0.3) is 0 Å². The zero-order chi connectivity index (χ0) is 11.9. The lowest BCUT2D eigenvalue weighted by Gasteiger charge is -2.34. The fourth-order valence-electron chi connectivity index (χ4n) is 1.56. The molecule has 0 aliphatic carbocycles. The lowest BCUT2D eigenvalue weighted by Crippen LogP contribution is -2.49. The van der Waals surface area contributed by atoms with E-state index in [1.807, 2.05) is 34.6 Å². The van der Waals surface area contributed by atoms with Gasteiger partial charge in [0.25, 0.3) is 0 Å². The number of carbonyl (C=O) groups excluding carboxylic acids is 1. The number of hydrogen-bond donors (Lipinski definition) is 0. The Labute approximate surface area is 91.5 Å². The summed E-state index contributed by atoms with van der Waals surface area (Å²) in [6.07, 6.45) is -0.370. The monoisotopic (exact) mass is 214 g/mol. The van der Waals surface area contributed by atoms with Crippen molar-refractivity contribution >= 4 is 6.09 Å². The van der Waals surface area contributed by atoms with Gasteiger partial charge in [-0.15, -0.1) is 0 Å². The molecule has 87 valence electrons. The van der Waals surface area contributed by atoms with Crippen molar-refractivity contribution in [3.63, 3.8) is 0 Å². The van der Waals surface area contributed by atoms with Crippen LogP contribution in [0, 0.1) is 6.92 Å². The zero-order valence-corrected chi connectivity index (χ0v) is 10.2. The Bertz CT molecular complexity index is 255. The lowest BCUT2D eigenvalue weighted by atomic mass is 10.2. The molecule has 1 fully saturated rings. The van der Waals surface area contributed by atoms with Crippen LogP contribution in [-0.4, -0.2) is 35.0 Å². The van der Waals surface area contributed by atoms with Gasteiger partial charge in [-0.25, -0.2) is 4.79 Å². The van der Waals surface area contributed by atoms with E-state index in [9.17, 15) is 4.79 Å². The second-order valence-corrected chi connectivity index (χ2v) is 5.26. The van der Waals surface area contributed by atoms with E-state index in [0.29, 0.717) is 6.61 Å². The number of rotatable bonds is 0. The average Bonchev–Trinajstić information content (AvgIpc) is 2.21. The summed E-state index contributed by atoms with van der Waals surface area (Å²) in [6.45, 7) is 13.5. The highest BCUT2D eigenvalue weighted by atomic mass is 16.6. The fourth-order valence-corrected chi connectivity index (χ4v) is 1.56.